The Morgan fingerprint density at radius 1 is 1.28 bits per heavy atom. The zero-order chi connectivity index (χ0) is 25.7. The van der Waals surface area contributed by atoms with Crippen molar-refractivity contribution in [2.75, 3.05) is 7.05 Å². The number of hydrogen-bond acceptors (Lipinski definition) is 6. The van der Waals surface area contributed by atoms with E-state index in [0.29, 0.717) is 18.5 Å². The van der Waals surface area contributed by atoms with Crippen LogP contribution in [0.2, 0.25) is 0 Å². The molecule has 2 aromatic rings. The van der Waals surface area contributed by atoms with Crippen molar-refractivity contribution in [1.82, 2.24) is 15.2 Å². The summed E-state index contributed by atoms with van der Waals surface area (Å²) in [6.45, 7) is 3.84. The summed E-state index contributed by atoms with van der Waals surface area (Å²) in [5.41, 5.74) is 6.59. The Hall–Kier alpha value is -3.17. The number of hydrogen-bond donors (Lipinski definition) is 5. The average molecular weight is 493 g/mol. The van der Waals surface area contributed by atoms with E-state index in [0.717, 1.165) is 23.1 Å². The van der Waals surface area contributed by atoms with Crippen molar-refractivity contribution < 1.29 is 19.8 Å². The van der Waals surface area contributed by atoms with Crippen LogP contribution in [0, 0.1) is 11.8 Å². The Balaban J connectivity index is 1.41. The predicted octanol–water partition coefficient (Wildman–Crippen LogP) is 0.867. The molecule has 2 heterocycles. The van der Waals surface area contributed by atoms with Crippen molar-refractivity contribution in [3.8, 4) is 5.75 Å². The lowest BCUT2D eigenvalue weighted by molar-refractivity contribution is -0.127. The van der Waals surface area contributed by atoms with Crippen LogP contribution in [0.15, 0.2) is 29.1 Å². The molecule has 6 rings (SSSR count). The molecule has 9 nitrogen and oxygen atoms in total. The SMILES string of the molecule is CC(C)C[C@H](NC(=O)c1cc2c([nH]c1=O)C[C@]13CC4C(c5ccc(O)cc51)N(C)[C@H]4[C@]3(O)C2)C(N)=O. The Labute approximate surface area is 208 Å². The third kappa shape index (κ3) is 2.87. The fourth-order valence-corrected chi connectivity index (χ4v) is 7.87. The minimum absolute atomic E-state index is 0.0559. The van der Waals surface area contributed by atoms with E-state index in [2.05, 4.69) is 15.2 Å². The molecule has 6 N–H and O–H groups in total. The van der Waals surface area contributed by atoms with Crippen LogP contribution in [0.1, 0.15) is 65.5 Å². The van der Waals surface area contributed by atoms with Crippen molar-refractivity contribution in [3.63, 3.8) is 0 Å². The quantitative estimate of drug-likeness (QED) is 0.418. The van der Waals surface area contributed by atoms with Crippen LogP contribution in [0.5, 0.6) is 5.75 Å². The third-order valence-electron chi connectivity index (χ3n) is 9.22. The van der Waals surface area contributed by atoms with Gasteiger partial charge in [-0.1, -0.05) is 19.9 Å². The topological polar surface area (TPSA) is 149 Å². The number of nitrogens with two attached hydrogens (primary N) is 1. The maximum absolute atomic E-state index is 13.0. The van der Waals surface area contributed by atoms with E-state index >= 15 is 0 Å². The highest BCUT2D eigenvalue weighted by molar-refractivity contribution is 5.97. The number of nitrogens with zero attached hydrogens (tertiary/aromatic N) is 1. The molecule has 4 bridgehead atoms. The second kappa shape index (κ2) is 7.43. The number of amides is 2. The van der Waals surface area contributed by atoms with Gasteiger partial charge in [0.25, 0.3) is 11.5 Å². The number of phenolic OH excluding ortho intramolecular Hbond substituents is 1. The van der Waals surface area contributed by atoms with Gasteiger partial charge < -0.3 is 26.2 Å². The number of carbonyl (C=O) groups is 2. The summed E-state index contributed by atoms with van der Waals surface area (Å²) < 4.78 is 0. The number of primary amides is 1. The van der Waals surface area contributed by atoms with E-state index in [1.54, 1.807) is 18.2 Å². The molecule has 2 amide bonds. The van der Waals surface area contributed by atoms with E-state index in [4.69, 9.17) is 5.73 Å². The molecular formula is C27H32N4O5. The van der Waals surface area contributed by atoms with Crippen LogP contribution in [0.4, 0.5) is 0 Å². The molecule has 1 saturated carbocycles. The first-order valence-corrected chi connectivity index (χ1v) is 12.6. The van der Waals surface area contributed by atoms with Crippen molar-refractivity contribution in [2.45, 2.75) is 68.7 Å². The predicted molar refractivity (Wildman–Crippen MR) is 132 cm³/mol. The average Bonchev–Trinajstić information content (AvgIpc) is 2.94. The molecule has 36 heavy (non-hydrogen) atoms. The number of aromatic hydroxyl groups is 1. The number of pyridine rings is 1. The summed E-state index contributed by atoms with van der Waals surface area (Å²) in [7, 11) is 2.03. The van der Waals surface area contributed by atoms with Gasteiger partial charge in [-0.25, -0.2) is 0 Å². The van der Waals surface area contributed by atoms with E-state index < -0.39 is 34.4 Å². The first-order valence-electron chi connectivity index (χ1n) is 12.6. The second-order valence-electron chi connectivity index (χ2n) is 11.6. The molecule has 2 unspecified atom stereocenters. The van der Waals surface area contributed by atoms with Crippen molar-refractivity contribution in [2.24, 2.45) is 17.6 Å². The Bertz CT molecular complexity index is 1370. The molecule has 1 aliphatic heterocycles. The van der Waals surface area contributed by atoms with Gasteiger partial charge in [0.1, 0.15) is 17.4 Å². The van der Waals surface area contributed by atoms with E-state index in [-0.39, 0.29) is 41.7 Å². The van der Waals surface area contributed by atoms with Gasteiger partial charge >= 0.3 is 0 Å². The largest absolute Gasteiger partial charge is 0.508 e. The molecule has 6 atom stereocenters. The number of likely N-dealkylation sites (tertiary alicyclic amines) is 1. The monoisotopic (exact) mass is 492 g/mol. The zero-order valence-corrected chi connectivity index (χ0v) is 20.7. The van der Waals surface area contributed by atoms with Gasteiger partial charge in [-0.05, 0) is 66.6 Å². The molecule has 1 aromatic carbocycles. The summed E-state index contributed by atoms with van der Waals surface area (Å²) in [6, 6.07) is 6.25. The lowest BCUT2D eigenvalue weighted by Gasteiger charge is -2.54. The fraction of sp³-hybridized carbons (Fsp3) is 0.519. The van der Waals surface area contributed by atoms with Gasteiger partial charge in [0.05, 0.1) is 5.60 Å². The summed E-state index contributed by atoms with van der Waals surface area (Å²) >= 11 is 0. The number of carbonyl (C=O) groups excluding carboxylic acids is 2. The Morgan fingerprint density at radius 2 is 2.03 bits per heavy atom. The highest BCUT2D eigenvalue weighted by atomic mass is 16.3. The third-order valence-corrected chi connectivity index (χ3v) is 9.22. The highest BCUT2D eigenvalue weighted by Gasteiger charge is 2.75. The molecule has 1 saturated heterocycles. The van der Waals surface area contributed by atoms with Gasteiger partial charge in [0.2, 0.25) is 5.91 Å². The minimum atomic E-state index is -1.12. The fourth-order valence-electron chi connectivity index (χ4n) is 7.87. The molecular weight excluding hydrogens is 460 g/mol. The Morgan fingerprint density at radius 3 is 2.72 bits per heavy atom. The van der Waals surface area contributed by atoms with Crippen molar-refractivity contribution in [1.29, 1.82) is 0 Å². The summed E-state index contributed by atoms with van der Waals surface area (Å²) in [5.74, 6) is -0.731. The number of rotatable bonds is 5. The number of benzene rings is 1. The van der Waals surface area contributed by atoms with Gasteiger partial charge in [0, 0.05) is 36.0 Å². The van der Waals surface area contributed by atoms with Crippen LogP contribution >= 0.6 is 0 Å². The van der Waals surface area contributed by atoms with Crippen LogP contribution in [-0.2, 0) is 23.1 Å². The maximum atomic E-state index is 13.0. The first-order chi connectivity index (χ1) is 17.0. The maximum Gasteiger partial charge on any atom is 0.261 e. The van der Waals surface area contributed by atoms with Gasteiger partial charge in [0.15, 0.2) is 0 Å². The lowest BCUT2D eigenvalue weighted by Crippen LogP contribution is -2.65. The summed E-state index contributed by atoms with van der Waals surface area (Å²) in [5, 5.41) is 25.3. The second-order valence-corrected chi connectivity index (χ2v) is 11.6. The minimum Gasteiger partial charge on any atom is -0.508 e. The zero-order valence-electron chi connectivity index (χ0n) is 20.7. The van der Waals surface area contributed by atoms with Gasteiger partial charge in [-0.15, -0.1) is 0 Å². The van der Waals surface area contributed by atoms with Crippen LogP contribution < -0.4 is 16.6 Å². The first kappa shape index (κ1) is 23.2. The van der Waals surface area contributed by atoms with Crippen LogP contribution in [0.25, 0.3) is 0 Å². The number of aromatic amines is 1. The van der Waals surface area contributed by atoms with Gasteiger partial charge in [-0.3, -0.25) is 19.3 Å². The smallest absolute Gasteiger partial charge is 0.261 e. The normalized spacial score (nSPS) is 32.2. The molecule has 1 aromatic heterocycles. The van der Waals surface area contributed by atoms with E-state index in [1.165, 1.54) is 0 Å². The number of aromatic nitrogens is 1. The Kier molecular flexibility index (Phi) is 4.79. The summed E-state index contributed by atoms with van der Waals surface area (Å²) in [4.78, 5) is 43.0. The highest BCUT2D eigenvalue weighted by Crippen LogP contribution is 2.70. The van der Waals surface area contributed by atoms with E-state index in [1.807, 2.05) is 27.0 Å². The molecule has 3 aliphatic carbocycles. The molecule has 2 fully saturated rings. The number of nitrogens with one attached hydrogen (secondary N) is 2. The molecule has 9 heteroatoms. The number of likely N-dealkylation sites (N-methyl/N-ethyl adjacent to an activating group) is 1. The number of phenols is 1. The van der Waals surface area contributed by atoms with Crippen molar-refractivity contribution >= 4 is 11.8 Å². The molecule has 0 radical (unpaired) electrons. The summed E-state index contributed by atoms with van der Waals surface area (Å²) in [6.07, 6.45) is 1.84. The number of aliphatic hydroxyl groups is 1. The lowest BCUT2D eigenvalue weighted by atomic mass is 9.59. The number of fused-ring (bicyclic) bond motifs is 3. The molecule has 4 aliphatic rings. The molecule has 0 spiro atoms. The van der Waals surface area contributed by atoms with Crippen LogP contribution in [-0.4, -0.2) is 56.6 Å². The number of H-pyrrole nitrogens is 1. The standard InChI is InChI=1S/C27H32N4O5/c1-12(2)6-19(23(28)33)29-24(34)16-7-13-9-27(36)22-17-10-26(27,11-20(13)30-25(16)35)18-8-14(32)4-5-15(18)21(17)31(22)3/h4-5,7-8,12,17,19,21-22,32,36H,6,9-11H2,1-3H3,(H2,28,33)(H,29,34)(H,30,35)/t17?,19-,21?,22+,26+,27+/m0/s1. The van der Waals surface area contributed by atoms with Crippen molar-refractivity contribution in [3.05, 3.63) is 62.6 Å². The molecule has 190 valence electrons. The van der Waals surface area contributed by atoms with E-state index in [9.17, 15) is 24.6 Å². The van der Waals surface area contributed by atoms with Gasteiger partial charge in [-0.2, -0.15) is 0 Å². The van der Waals surface area contributed by atoms with Crippen LogP contribution in [0.3, 0.4) is 0 Å².